The maximum atomic E-state index is 11.4. The number of likely N-dealkylation sites (N-methyl/N-ethyl adjacent to an activating group) is 1. The highest BCUT2D eigenvalue weighted by atomic mass is 16.2. The summed E-state index contributed by atoms with van der Waals surface area (Å²) in [5, 5.41) is 14.3. The molecule has 1 aromatic rings. The molecule has 0 fully saturated rings. The van der Waals surface area contributed by atoms with E-state index in [-0.39, 0.29) is 11.9 Å². The second-order valence-electron chi connectivity index (χ2n) is 3.54. The minimum Gasteiger partial charge on any atom is -0.351 e. The fraction of sp³-hybridized carbons (Fsp3) is 0.333. The zero-order chi connectivity index (χ0) is 12.0. The predicted octanol–water partition coefficient (Wildman–Crippen LogP) is 0.782. The van der Waals surface area contributed by atoms with Gasteiger partial charge in [0, 0.05) is 6.54 Å². The first kappa shape index (κ1) is 12.2. The lowest BCUT2D eigenvalue weighted by Gasteiger charge is -2.10. The number of carbonyl (C=O) groups excluding carboxylic acids is 1. The van der Waals surface area contributed by atoms with Crippen LogP contribution in [-0.4, -0.2) is 19.0 Å². The van der Waals surface area contributed by atoms with E-state index in [1.165, 1.54) is 0 Å². The van der Waals surface area contributed by atoms with Crippen molar-refractivity contribution in [2.45, 2.75) is 19.5 Å². The van der Waals surface area contributed by atoms with Gasteiger partial charge in [0.15, 0.2) is 0 Å². The molecule has 4 nitrogen and oxygen atoms in total. The Labute approximate surface area is 95.3 Å². The molecule has 0 saturated heterocycles. The Morgan fingerprint density at radius 3 is 2.56 bits per heavy atom. The van der Waals surface area contributed by atoms with E-state index in [1.54, 1.807) is 26.1 Å². The highest BCUT2D eigenvalue weighted by molar-refractivity contribution is 5.81. The lowest BCUT2D eigenvalue weighted by molar-refractivity contribution is -0.122. The number of nitrogens with one attached hydrogen (secondary N) is 2. The van der Waals surface area contributed by atoms with Crippen LogP contribution in [0.5, 0.6) is 0 Å². The highest BCUT2D eigenvalue weighted by Crippen LogP contribution is 2.02. The van der Waals surface area contributed by atoms with Gasteiger partial charge in [-0.1, -0.05) is 12.1 Å². The lowest BCUT2D eigenvalue weighted by Crippen LogP contribution is -2.39. The number of benzene rings is 1. The van der Waals surface area contributed by atoms with Crippen LogP contribution in [0.25, 0.3) is 0 Å². The van der Waals surface area contributed by atoms with E-state index in [9.17, 15) is 4.79 Å². The summed E-state index contributed by atoms with van der Waals surface area (Å²) in [6.07, 6.45) is 0. The Morgan fingerprint density at radius 2 is 2.06 bits per heavy atom. The maximum absolute atomic E-state index is 11.4. The number of rotatable bonds is 4. The van der Waals surface area contributed by atoms with Crippen molar-refractivity contribution >= 4 is 5.91 Å². The monoisotopic (exact) mass is 217 g/mol. The first-order valence-electron chi connectivity index (χ1n) is 5.11. The minimum atomic E-state index is -0.196. The number of nitrogens with zero attached hydrogens (tertiary/aromatic N) is 1. The van der Waals surface area contributed by atoms with Crippen LogP contribution in [0, 0.1) is 11.3 Å². The van der Waals surface area contributed by atoms with E-state index < -0.39 is 0 Å². The molecule has 0 saturated carbocycles. The molecule has 1 rings (SSSR count). The van der Waals surface area contributed by atoms with Gasteiger partial charge in [-0.05, 0) is 31.7 Å². The molecule has 1 aromatic carbocycles. The summed E-state index contributed by atoms with van der Waals surface area (Å²) in [6.45, 7) is 2.28. The SMILES string of the molecule is CNC(C)C(=O)NCc1ccc(C#N)cc1. The van der Waals surface area contributed by atoms with Crippen LogP contribution in [0.2, 0.25) is 0 Å². The summed E-state index contributed by atoms with van der Waals surface area (Å²) in [7, 11) is 1.74. The molecule has 0 heterocycles. The van der Waals surface area contributed by atoms with Gasteiger partial charge in [-0.2, -0.15) is 5.26 Å². The van der Waals surface area contributed by atoms with Crippen LogP contribution in [0.15, 0.2) is 24.3 Å². The topological polar surface area (TPSA) is 64.9 Å². The molecular weight excluding hydrogens is 202 g/mol. The quantitative estimate of drug-likeness (QED) is 0.783. The summed E-state index contributed by atoms with van der Waals surface area (Å²) in [5.41, 5.74) is 1.61. The van der Waals surface area contributed by atoms with Crippen molar-refractivity contribution in [1.82, 2.24) is 10.6 Å². The second-order valence-corrected chi connectivity index (χ2v) is 3.54. The van der Waals surface area contributed by atoms with Crippen molar-refractivity contribution < 1.29 is 4.79 Å². The first-order valence-corrected chi connectivity index (χ1v) is 5.11. The molecule has 0 spiro atoms. The molecule has 2 N–H and O–H groups in total. The normalized spacial score (nSPS) is 11.6. The molecule has 0 aliphatic heterocycles. The van der Waals surface area contributed by atoms with Crippen LogP contribution >= 0.6 is 0 Å². The van der Waals surface area contributed by atoms with Crippen molar-refractivity contribution in [1.29, 1.82) is 5.26 Å². The molecule has 0 aromatic heterocycles. The van der Waals surface area contributed by atoms with Crippen molar-refractivity contribution in [2.24, 2.45) is 0 Å². The third kappa shape index (κ3) is 3.37. The van der Waals surface area contributed by atoms with E-state index in [0.717, 1.165) is 5.56 Å². The van der Waals surface area contributed by atoms with Crippen LogP contribution in [0.1, 0.15) is 18.1 Å². The third-order valence-corrected chi connectivity index (χ3v) is 2.38. The average Bonchev–Trinajstić information content (AvgIpc) is 2.35. The summed E-state index contributed by atoms with van der Waals surface area (Å²) in [4.78, 5) is 11.4. The summed E-state index contributed by atoms with van der Waals surface area (Å²) in [6, 6.07) is 9.00. The van der Waals surface area contributed by atoms with Crippen molar-refractivity contribution in [3.05, 3.63) is 35.4 Å². The predicted molar refractivity (Wildman–Crippen MR) is 61.5 cm³/mol. The molecule has 1 atom stereocenters. The Morgan fingerprint density at radius 1 is 1.44 bits per heavy atom. The van der Waals surface area contributed by atoms with Gasteiger partial charge in [-0.25, -0.2) is 0 Å². The molecule has 0 bridgehead atoms. The van der Waals surface area contributed by atoms with Crippen molar-refractivity contribution in [3.63, 3.8) is 0 Å². The Hall–Kier alpha value is -1.86. The fourth-order valence-electron chi connectivity index (χ4n) is 1.17. The van der Waals surface area contributed by atoms with E-state index in [1.807, 2.05) is 18.2 Å². The van der Waals surface area contributed by atoms with Crippen LogP contribution < -0.4 is 10.6 Å². The molecule has 0 aliphatic rings. The lowest BCUT2D eigenvalue weighted by atomic mass is 10.1. The van der Waals surface area contributed by atoms with E-state index in [2.05, 4.69) is 10.6 Å². The second kappa shape index (κ2) is 5.89. The Balaban J connectivity index is 2.49. The molecule has 84 valence electrons. The van der Waals surface area contributed by atoms with E-state index in [0.29, 0.717) is 12.1 Å². The Kier molecular flexibility index (Phi) is 4.49. The summed E-state index contributed by atoms with van der Waals surface area (Å²) in [5.74, 6) is -0.0353. The van der Waals surface area contributed by atoms with Crippen molar-refractivity contribution in [3.8, 4) is 6.07 Å². The average molecular weight is 217 g/mol. The van der Waals surface area contributed by atoms with Crippen LogP contribution in [0.4, 0.5) is 0 Å². The third-order valence-electron chi connectivity index (χ3n) is 2.38. The van der Waals surface area contributed by atoms with Gasteiger partial charge in [0.1, 0.15) is 0 Å². The number of carbonyl (C=O) groups is 1. The van der Waals surface area contributed by atoms with Crippen molar-refractivity contribution in [2.75, 3.05) is 7.05 Å². The summed E-state index contributed by atoms with van der Waals surface area (Å²) < 4.78 is 0. The first-order chi connectivity index (χ1) is 7.67. The largest absolute Gasteiger partial charge is 0.351 e. The zero-order valence-electron chi connectivity index (χ0n) is 9.45. The van der Waals surface area contributed by atoms with Gasteiger partial charge in [-0.3, -0.25) is 4.79 Å². The van der Waals surface area contributed by atoms with Gasteiger partial charge in [0.05, 0.1) is 17.7 Å². The summed E-state index contributed by atoms with van der Waals surface area (Å²) >= 11 is 0. The number of amides is 1. The smallest absolute Gasteiger partial charge is 0.237 e. The molecule has 1 amide bonds. The maximum Gasteiger partial charge on any atom is 0.237 e. The van der Waals surface area contributed by atoms with Gasteiger partial charge >= 0.3 is 0 Å². The molecule has 0 radical (unpaired) electrons. The van der Waals surface area contributed by atoms with Gasteiger partial charge < -0.3 is 10.6 Å². The van der Waals surface area contributed by atoms with Crippen LogP contribution in [0.3, 0.4) is 0 Å². The molecule has 4 heteroatoms. The number of hydrogen-bond acceptors (Lipinski definition) is 3. The van der Waals surface area contributed by atoms with Gasteiger partial charge in [-0.15, -0.1) is 0 Å². The Bertz CT molecular complexity index is 392. The molecular formula is C12H15N3O. The van der Waals surface area contributed by atoms with Gasteiger partial charge in [0.25, 0.3) is 0 Å². The van der Waals surface area contributed by atoms with Crippen LogP contribution in [-0.2, 0) is 11.3 Å². The fourth-order valence-corrected chi connectivity index (χ4v) is 1.17. The molecule has 1 unspecified atom stereocenters. The van der Waals surface area contributed by atoms with Gasteiger partial charge in [0.2, 0.25) is 5.91 Å². The highest BCUT2D eigenvalue weighted by Gasteiger charge is 2.08. The molecule has 16 heavy (non-hydrogen) atoms. The number of nitriles is 1. The number of hydrogen-bond donors (Lipinski definition) is 2. The zero-order valence-corrected chi connectivity index (χ0v) is 9.45. The van der Waals surface area contributed by atoms with E-state index in [4.69, 9.17) is 5.26 Å². The minimum absolute atomic E-state index is 0.0353. The molecule has 0 aliphatic carbocycles. The standard InChI is InChI=1S/C12H15N3O/c1-9(14-2)12(16)15-8-11-5-3-10(7-13)4-6-11/h3-6,9,14H,8H2,1-2H3,(H,15,16). The van der Waals surface area contributed by atoms with E-state index >= 15 is 0 Å².